The van der Waals surface area contributed by atoms with Crippen molar-refractivity contribution < 1.29 is 24.2 Å². The van der Waals surface area contributed by atoms with E-state index in [0.29, 0.717) is 19.4 Å². The van der Waals surface area contributed by atoms with Crippen molar-refractivity contribution in [2.75, 3.05) is 19.7 Å². The number of rotatable bonds is 5. The molecule has 2 aliphatic rings. The molecule has 0 radical (unpaired) electrons. The fraction of sp³-hybridized carbons (Fsp3) is 0.556. The summed E-state index contributed by atoms with van der Waals surface area (Å²) in [4.78, 5) is 25.8. The Kier molecular flexibility index (Phi) is 4.49. The molecule has 0 aromatic heterocycles. The molecule has 1 aliphatic carbocycles. The quantitative estimate of drug-likeness (QED) is 0.835. The summed E-state index contributed by atoms with van der Waals surface area (Å²) < 4.78 is 10.4. The fourth-order valence-electron chi connectivity index (χ4n) is 3.49. The van der Waals surface area contributed by atoms with Crippen LogP contribution in [0.3, 0.4) is 0 Å². The molecule has 2 fully saturated rings. The summed E-state index contributed by atoms with van der Waals surface area (Å²) in [6, 6.07) is 9.42. The lowest BCUT2D eigenvalue weighted by Crippen LogP contribution is -2.74. The van der Waals surface area contributed by atoms with Gasteiger partial charge in [0.25, 0.3) is 0 Å². The first kappa shape index (κ1) is 16.8. The molecule has 1 amide bonds. The standard InChI is InChI=1S/C18H23NO5/c1-2-23-15(20)17(9-6-10-17)18(22)12-19(13-18)16(21)24-11-14-7-4-3-5-8-14/h3-5,7-8,22H,2,6,9-13H2,1H3. The first-order valence-electron chi connectivity index (χ1n) is 8.36. The van der Waals surface area contributed by atoms with Gasteiger partial charge in [-0.1, -0.05) is 36.8 Å². The number of carbonyl (C=O) groups excluding carboxylic acids is 2. The molecule has 0 bridgehead atoms. The largest absolute Gasteiger partial charge is 0.465 e. The zero-order valence-corrected chi connectivity index (χ0v) is 13.9. The summed E-state index contributed by atoms with van der Waals surface area (Å²) in [5.41, 5.74) is -1.16. The molecule has 1 aliphatic heterocycles. The number of likely N-dealkylation sites (tertiary alicyclic amines) is 1. The number of esters is 1. The van der Waals surface area contributed by atoms with Gasteiger partial charge in [-0.05, 0) is 25.3 Å². The number of nitrogens with zero attached hydrogens (tertiary/aromatic N) is 1. The van der Waals surface area contributed by atoms with Gasteiger partial charge in [-0.2, -0.15) is 0 Å². The van der Waals surface area contributed by atoms with Crippen LogP contribution in [-0.2, 0) is 20.9 Å². The Hall–Kier alpha value is -2.08. The van der Waals surface area contributed by atoms with E-state index in [2.05, 4.69) is 0 Å². The predicted octanol–water partition coefficient (Wildman–Crippen LogP) is 2.10. The maximum atomic E-state index is 12.3. The molecule has 24 heavy (non-hydrogen) atoms. The number of β-amino-alcohol motifs (C(OH)–C–C–N with tert-alkyl or cyclic N) is 1. The minimum atomic E-state index is -1.21. The van der Waals surface area contributed by atoms with Crippen LogP contribution in [-0.4, -0.2) is 47.4 Å². The highest BCUT2D eigenvalue weighted by molar-refractivity contribution is 5.81. The summed E-state index contributed by atoms with van der Waals surface area (Å²) >= 11 is 0. The van der Waals surface area contributed by atoms with Gasteiger partial charge in [-0.3, -0.25) is 4.79 Å². The highest BCUT2D eigenvalue weighted by Crippen LogP contribution is 2.53. The average Bonchev–Trinajstić information content (AvgIpc) is 2.50. The summed E-state index contributed by atoms with van der Waals surface area (Å²) in [6.07, 6.45) is 1.63. The van der Waals surface area contributed by atoms with Crippen LogP contribution in [0.1, 0.15) is 31.7 Å². The normalized spacial score (nSPS) is 20.5. The Morgan fingerprint density at radius 1 is 1.17 bits per heavy atom. The lowest BCUT2D eigenvalue weighted by atomic mass is 9.56. The third kappa shape index (κ3) is 2.75. The van der Waals surface area contributed by atoms with Gasteiger partial charge in [-0.15, -0.1) is 0 Å². The van der Waals surface area contributed by atoms with E-state index in [4.69, 9.17) is 9.47 Å². The van der Waals surface area contributed by atoms with E-state index in [1.807, 2.05) is 30.3 Å². The Bertz CT molecular complexity index is 605. The Labute approximate surface area is 141 Å². The van der Waals surface area contributed by atoms with Crippen LogP contribution in [0.4, 0.5) is 4.79 Å². The van der Waals surface area contributed by atoms with Gasteiger partial charge < -0.3 is 19.5 Å². The molecule has 1 N–H and O–H groups in total. The van der Waals surface area contributed by atoms with Crippen molar-refractivity contribution in [2.45, 2.75) is 38.4 Å². The van der Waals surface area contributed by atoms with E-state index >= 15 is 0 Å². The summed E-state index contributed by atoms with van der Waals surface area (Å²) in [6.45, 7) is 2.46. The first-order chi connectivity index (χ1) is 11.5. The molecule has 130 valence electrons. The number of hydrogen-bond acceptors (Lipinski definition) is 5. The lowest BCUT2D eigenvalue weighted by molar-refractivity contribution is -0.218. The fourth-order valence-corrected chi connectivity index (χ4v) is 3.49. The minimum absolute atomic E-state index is 0.111. The average molecular weight is 333 g/mol. The van der Waals surface area contributed by atoms with E-state index in [9.17, 15) is 14.7 Å². The van der Waals surface area contributed by atoms with Crippen LogP contribution in [0.2, 0.25) is 0 Å². The monoisotopic (exact) mass is 333 g/mol. The molecular formula is C18H23NO5. The molecule has 1 aromatic rings. The Balaban J connectivity index is 1.55. The van der Waals surface area contributed by atoms with Crippen molar-refractivity contribution in [3.8, 4) is 0 Å². The van der Waals surface area contributed by atoms with Gasteiger partial charge in [0.1, 0.15) is 17.6 Å². The molecule has 1 heterocycles. The van der Waals surface area contributed by atoms with Crippen molar-refractivity contribution in [1.29, 1.82) is 0 Å². The zero-order chi connectivity index (χ0) is 17.2. The number of amides is 1. The highest BCUT2D eigenvalue weighted by atomic mass is 16.6. The van der Waals surface area contributed by atoms with Gasteiger partial charge in [0, 0.05) is 0 Å². The molecule has 6 heteroatoms. The second-order valence-corrected chi connectivity index (χ2v) is 6.58. The van der Waals surface area contributed by atoms with Gasteiger partial charge in [-0.25, -0.2) is 4.79 Å². The van der Waals surface area contributed by atoms with E-state index in [-0.39, 0.29) is 25.7 Å². The second-order valence-electron chi connectivity index (χ2n) is 6.58. The van der Waals surface area contributed by atoms with Gasteiger partial charge in [0.05, 0.1) is 19.7 Å². The Morgan fingerprint density at radius 2 is 1.83 bits per heavy atom. The van der Waals surface area contributed by atoms with E-state index in [1.54, 1.807) is 6.92 Å². The van der Waals surface area contributed by atoms with Crippen LogP contribution in [0.15, 0.2) is 30.3 Å². The number of aliphatic hydroxyl groups is 1. The number of ether oxygens (including phenoxy) is 2. The van der Waals surface area contributed by atoms with Crippen LogP contribution in [0.25, 0.3) is 0 Å². The highest BCUT2D eigenvalue weighted by Gasteiger charge is 2.65. The number of benzene rings is 1. The van der Waals surface area contributed by atoms with E-state index < -0.39 is 17.1 Å². The van der Waals surface area contributed by atoms with E-state index in [0.717, 1.165) is 12.0 Å². The van der Waals surface area contributed by atoms with Gasteiger partial charge >= 0.3 is 12.1 Å². The van der Waals surface area contributed by atoms with Crippen LogP contribution in [0, 0.1) is 5.41 Å². The lowest BCUT2D eigenvalue weighted by Gasteiger charge is -2.58. The minimum Gasteiger partial charge on any atom is -0.465 e. The molecule has 6 nitrogen and oxygen atoms in total. The van der Waals surface area contributed by atoms with Crippen molar-refractivity contribution >= 4 is 12.1 Å². The maximum absolute atomic E-state index is 12.3. The third-order valence-electron chi connectivity index (χ3n) is 5.13. The molecule has 1 saturated heterocycles. The molecule has 1 saturated carbocycles. The van der Waals surface area contributed by atoms with Crippen LogP contribution >= 0.6 is 0 Å². The van der Waals surface area contributed by atoms with Crippen molar-refractivity contribution in [3.63, 3.8) is 0 Å². The SMILES string of the molecule is CCOC(=O)C1(C2(O)CN(C(=O)OCc3ccccc3)C2)CCC1. The molecular weight excluding hydrogens is 310 g/mol. The molecule has 0 atom stereocenters. The van der Waals surface area contributed by atoms with Gasteiger partial charge in [0.15, 0.2) is 0 Å². The third-order valence-corrected chi connectivity index (χ3v) is 5.13. The van der Waals surface area contributed by atoms with Crippen LogP contribution in [0.5, 0.6) is 0 Å². The number of hydrogen-bond donors (Lipinski definition) is 1. The topological polar surface area (TPSA) is 76.1 Å². The molecule has 1 aromatic carbocycles. The predicted molar refractivity (Wildman–Crippen MR) is 86.1 cm³/mol. The maximum Gasteiger partial charge on any atom is 0.410 e. The zero-order valence-electron chi connectivity index (χ0n) is 13.9. The summed E-state index contributed by atoms with van der Waals surface area (Å²) in [5, 5.41) is 10.8. The molecule has 0 unspecified atom stereocenters. The molecule has 3 rings (SSSR count). The van der Waals surface area contributed by atoms with Crippen molar-refractivity contribution in [1.82, 2.24) is 4.90 Å². The van der Waals surface area contributed by atoms with Crippen molar-refractivity contribution in [2.24, 2.45) is 5.41 Å². The molecule has 0 spiro atoms. The first-order valence-corrected chi connectivity index (χ1v) is 8.36. The smallest absolute Gasteiger partial charge is 0.410 e. The second kappa shape index (κ2) is 6.43. The summed E-state index contributed by atoms with van der Waals surface area (Å²) in [7, 11) is 0. The summed E-state index contributed by atoms with van der Waals surface area (Å²) in [5.74, 6) is -0.351. The van der Waals surface area contributed by atoms with Gasteiger partial charge in [0.2, 0.25) is 0 Å². The number of carbonyl (C=O) groups is 2. The van der Waals surface area contributed by atoms with E-state index in [1.165, 1.54) is 4.90 Å². The van der Waals surface area contributed by atoms with Crippen LogP contribution < -0.4 is 0 Å². The Morgan fingerprint density at radius 3 is 2.38 bits per heavy atom. The van der Waals surface area contributed by atoms with Crippen molar-refractivity contribution in [3.05, 3.63) is 35.9 Å².